The molecule has 0 heterocycles. The Bertz CT molecular complexity index is 477. The molecule has 0 radical (unpaired) electrons. The van der Waals surface area contributed by atoms with Crippen molar-refractivity contribution in [2.75, 3.05) is 13.2 Å². The second kappa shape index (κ2) is 6.59. The number of rotatable bonds is 6. The Morgan fingerprint density at radius 1 is 0.900 bits per heavy atom. The second-order valence-corrected chi connectivity index (χ2v) is 4.65. The summed E-state index contributed by atoms with van der Waals surface area (Å²) in [4.78, 5) is 0. The predicted octanol–water partition coefficient (Wildman–Crippen LogP) is 2.99. The SMILES string of the molecule is OCC(F)(F)CNC(c1ccccc1)c1ccccc1. The molecule has 2 rings (SSSR count). The van der Waals surface area contributed by atoms with Crippen LogP contribution in [0.1, 0.15) is 17.2 Å². The highest BCUT2D eigenvalue weighted by molar-refractivity contribution is 5.31. The summed E-state index contributed by atoms with van der Waals surface area (Å²) in [6.07, 6.45) is 0. The number of aliphatic hydroxyl groups excluding tert-OH is 1. The minimum Gasteiger partial charge on any atom is -0.390 e. The van der Waals surface area contributed by atoms with Gasteiger partial charge in [0.2, 0.25) is 0 Å². The van der Waals surface area contributed by atoms with Gasteiger partial charge in [0.25, 0.3) is 5.92 Å². The summed E-state index contributed by atoms with van der Waals surface area (Å²) in [5, 5.41) is 11.5. The number of benzene rings is 2. The molecule has 0 aliphatic rings. The van der Waals surface area contributed by atoms with Gasteiger partial charge in [0, 0.05) is 0 Å². The van der Waals surface area contributed by atoms with E-state index in [1.165, 1.54) is 0 Å². The Balaban J connectivity index is 2.22. The molecule has 2 nitrogen and oxygen atoms in total. The summed E-state index contributed by atoms with van der Waals surface area (Å²) in [7, 11) is 0. The molecule has 2 aromatic rings. The van der Waals surface area contributed by atoms with E-state index < -0.39 is 19.1 Å². The van der Waals surface area contributed by atoms with Gasteiger partial charge in [-0.3, -0.25) is 0 Å². The molecular weight excluding hydrogens is 260 g/mol. The first-order valence-corrected chi connectivity index (χ1v) is 6.44. The smallest absolute Gasteiger partial charge is 0.282 e. The largest absolute Gasteiger partial charge is 0.390 e. The zero-order chi connectivity index (χ0) is 14.4. The van der Waals surface area contributed by atoms with Crippen LogP contribution in [0.25, 0.3) is 0 Å². The number of aliphatic hydroxyl groups is 1. The summed E-state index contributed by atoms with van der Waals surface area (Å²) in [6, 6.07) is 18.5. The van der Waals surface area contributed by atoms with Gasteiger partial charge in [-0.15, -0.1) is 0 Å². The Labute approximate surface area is 117 Å². The van der Waals surface area contributed by atoms with E-state index >= 15 is 0 Å². The third-order valence-electron chi connectivity index (χ3n) is 3.06. The summed E-state index contributed by atoms with van der Waals surface area (Å²) >= 11 is 0. The molecule has 0 spiro atoms. The van der Waals surface area contributed by atoms with E-state index in [-0.39, 0.29) is 6.04 Å². The molecule has 0 aromatic heterocycles. The molecule has 0 bridgehead atoms. The average molecular weight is 277 g/mol. The highest BCUT2D eigenvalue weighted by Gasteiger charge is 2.29. The van der Waals surface area contributed by atoms with Crippen molar-refractivity contribution >= 4 is 0 Å². The maximum Gasteiger partial charge on any atom is 0.282 e. The van der Waals surface area contributed by atoms with Crippen LogP contribution in [0.4, 0.5) is 8.78 Å². The highest BCUT2D eigenvalue weighted by atomic mass is 19.3. The van der Waals surface area contributed by atoms with Crippen LogP contribution < -0.4 is 5.32 Å². The minimum atomic E-state index is -3.12. The molecule has 2 N–H and O–H groups in total. The van der Waals surface area contributed by atoms with Gasteiger partial charge in [-0.2, -0.15) is 0 Å². The van der Waals surface area contributed by atoms with Gasteiger partial charge < -0.3 is 10.4 Å². The van der Waals surface area contributed by atoms with Crippen LogP contribution in [0, 0.1) is 0 Å². The summed E-state index contributed by atoms with van der Waals surface area (Å²) < 4.78 is 26.5. The van der Waals surface area contributed by atoms with Crippen molar-refractivity contribution < 1.29 is 13.9 Å². The molecule has 0 saturated heterocycles. The zero-order valence-electron chi connectivity index (χ0n) is 11.0. The molecule has 0 atom stereocenters. The van der Waals surface area contributed by atoms with Crippen molar-refractivity contribution in [1.82, 2.24) is 5.32 Å². The van der Waals surface area contributed by atoms with Crippen LogP contribution in [0.5, 0.6) is 0 Å². The Morgan fingerprint density at radius 2 is 1.35 bits per heavy atom. The fourth-order valence-electron chi connectivity index (χ4n) is 2.03. The van der Waals surface area contributed by atoms with E-state index in [9.17, 15) is 8.78 Å². The van der Waals surface area contributed by atoms with Crippen molar-refractivity contribution in [3.8, 4) is 0 Å². The summed E-state index contributed by atoms with van der Waals surface area (Å²) in [6.45, 7) is -1.73. The number of nitrogens with one attached hydrogen (secondary N) is 1. The van der Waals surface area contributed by atoms with Crippen molar-refractivity contribution in [3.63, 3.8) is 0 Å². The second-order valence-electron chi connectivity index (χ2n) is 4.65. The molecule has 0 unspecified atom stereocenters. The molecular formula is C16H17F2NO. The third kappa shape index (κ3) is 3.85. The van der Waals surface area contributed by atoms with Crippen molar-refractivity contribution in [2.45, 2.75) is 12.0 Å². The first kappa shape index (κ1) is 14.6. The Kier molecular flexibility index (Phi) is 4.82. The quantitative estimate of drug-likeness (QED) is 0.850. The van der Waals surface area contributed by atoms with Crippen molar-refractivity contribution in [1.29, 1.82) is 0 Å². The van der Waals surface area contributed by atoms with Crippen LogP contribution in [0.3, 0.4) is 0 Å². The lowest BCUT2D eigenvalue weighted by atomic mass is 9.98. The standard InChI is InChI=1S/C16H17F2NO/c17-16(18,12-20)11-19-15(13-7-3-1-4-8-13)14-9-5-2-6-10-14/h1-10,15,19-20H,11-12H2. The molecule has 0 aliphatic heterocycles. The molecule has 20 heavy (non-hydrogen) atoms. The summed E-state index contributed by atoms with van der Waals surface area (Å²) in [5.74, 6) is -3.12. The van der Waals surface area contributed by atoms with E-state index in [0.717, 1.165) is 11.1 Å². The zero-order valence-corrected chi connectivity index (χ0v) is 11.0. The topological polar surface area (TPSA) is 32.3 Å². The first-order chi connectivity index (χ1) is 9.62. The molecule has 0 aliphatic carbocycles. The van der Waals surface area contributed by atoms with Gasteiger partial charge in [-0.05, 0) is 11.1 Å². The van der Waals surface area contributed by atoms with Crippen LogP contribution >= 0.6 is 0 Å². The fraction of sp³-hybridized carbons (Fsp3) is 0.250. The van der Waals surface area contributed by atoms with Crippen LogP contribution in [0.2, 0.25) is 0 Å². The third-order valence-corrected chi connectivity index (χ3v) is 3.06. The van der Waals surface area contributed by atoms with Gasteiger partial charge in [0.05, 0.1) is 12.6 Å². The molecule has 0 saturated carbocycles. The highest BCUT2D eigenvalue weighted by Crippen LogP contribution is 2.23. The lowest BCUT2D eigenvalue weighted by Gasteiger charge is -2.23. The molecule has 106 valence electrons. The Hall–Kier alpha value is -1.78. The number of hydrogen-bond acceptors (Lipinski definition) is 2. The maximum absolute atomic E-state index is 13.2. The number of halogens is 2. The van der Waals surface area contributed by atoms with E-state index in [0.29, 0.717) is 0 Å². The van der Waals surface area contributed by atoms with Gasteiger partial charge in [0.15, 0.2) is 0 Å². The Morgan fingerprint density at radius 3 is 1.75 bits per heavy atom. The van der Waals surface area contributed by atoms with Gasteiger partial charge in [-0.1, -0.05) is 60.7 Å². The van der Waals surface area contributed by atoms with Crippen molar-refractivity contribution in [2.24, 2.45) is 0 Å². The van der Waals surface area contributed by atoms with Gasteiger partial charge >= 0.3 is 0 Å². The van der Waals surface area contributed by atoms with E-state index in [4.69, 9.17) is 5.11 Å². The predicted molar refractivity (Wildman–Crippen MR) is 74.8 cm³/mol. The average Bonchev–Trinajstić information content (AvgIpc) is 2.49. The minimum absolute atomic E-state index is 0.324. The van der Waals surface area contributed by atoms with Crippen LogP contribution in [0.15, 0.2) is 60.7 Å². The molecule has 4 heteroatoms. The lowest BCUT2D eigenvalue weighted by Crippen LogP contribution is -2.38. The van der Waals surface area contributed by atoms with Gasteiger partial charge in [0.1, 0.15) is 6.61 Å². The summed E-state index contributed by atoms with van der Waals surface area (Å²) in [5.41, 5.74) is 1.82. The lowest BCUT2D eigenvalue weighted by molar-refractivity contribution is -0.0487. The van der Waals surface area contributed by atoms with Crippen LogP contribution in [-0.2, 0) is 0 Å². The molecule has 0 fully saturated rings. The first-order valence-electron chi connectivity index (χ1n) is 6.44. The van der Waals surface area contributed by atoms with E-state index in [1.54, 1.807) is 0 Å². The number of alkyl halides is 2. The normalized spacial score (nSPS) is 11.8. The van der Waals surface area contributed by atoms with E-state index in [2.05, 4.69) is 5.32 Å². The van der Waals surface area contributed by atoms with Gasteiger partial charge in [-0.25, -0.2) is 8.78 Å². The van der Waals surface area contributed by atoms with E-state index in [1.807, 2.05) is 60.7 Å². The maximum atomic E-state index is 13.2. The number of hydrogen-bond donors (Lipinski definition) is 2. The molecule has 0 amide bonds. The fourth-order valence-corrected chi connectivity index (χ4v) is 2.03. The molecule has 2 aromatic carbocycles. The van der Waals surface area contributed by atoms with Crippen molar-refractivity contribution in [3.05, 3.63) is 71.8 Å². The van der Waals surface area contributed by atoms with Crippen LogP contribution in [-0.4, -0.2) is 24.2 Å². The monoisotopic (exact) mass is 277 g/mol.